The van der Waals surface area contributed by atoms with Gasteiger partial charge in [-0.1, -0.05) is 17.7 Å². The second kappa shape index (κ2) is 5.59. The lowest BCUT2D eigenvalue weighted by atomic mass is 10.2. The van der Waals surface area contributed by atoms with Crippen molar-refractivity contribution in [2.45, 2.75) is 23.9 Å². The van der Waals surface area contributed by atoms with Gasteiger partial charge in [0.25, 0.3) is 0 Å². The summed E-state index contributed by atoms with van der Waals surface area (Å²) >= 11 is 7.44. The lowest BCUT2D eigenvalue weighted by Crippen LogP contribution is -2.13. The van der Waals surface area contributed by atoms with Crippen molar-refractivity contribution in [2.75, 3.05) is 0 Å². The third-order valence-corrected chi connectivity index (χ3v) is 3.65. The second-order valence-electron chi connectivity index (χ2n) is 4.06. The Morgan fingerprint density at radius 2 is 1.89 bits per heavy atom. The molecule has 1 aromatic heterocycles. The fraction of sp³-hybridized carbons (Fsp3) is 0.154. The Hall–Kier alpha value is -1.59. The van der Waals surface area contributed by atoms with Crippen LogP contribution in [0.2, 0.25) is 5.02 Å². The van der Waals surface area contributed by atoms with Crippen molar-refractivity contribution in [1.82, 2.24) is 9.97 Å². The minimum Gasteiger partial charge on any atom is -0.384 e. The van der Waals surface area contributed by atoms with Crippen LogP contribution in [0, 0.1) is 19.3 Å². The molecule has 0 aliphatic rings. The largest absolute Gasteiger partial charge is 0.384 e. The number of nitrogens with zero attached hydrogens (tertiary/aromatic N) is 2. The maximum atomic E-state index is 7.61. The van der Waals surface area contributed by atoms with Crippen LogP contribution in [0.1, 0.15) is 17.0 Å². The quantitative estimate of drug-likeness (QED) is 0.517. The van der Waals surface area contributed by atoms with E-state index in [4.69, 9.17) is 22.7 Å². The van der Waals surface area contributed by atoms with Gasteiger partial charge in [-0.15, -0.1) is 0 Å². The van der Waals surface area contributed by atoms with Gasteiger partial charge in [-0.3, -0.25) is 5.41 Å². The van der Waals surface area contributed by atoms with Crippen molar-refractivity contribution in [3.05, 3.63) is 46.2 Å². The van der Waals surface area contributed by atoms with E-state index in [2.05, 4.69) is 9.97 Å². The molecule has 0 amide bonds. The van der Waals surface area contributed by atoms with Gasteiger partial charge in [0.15, 0.2) is 5.16 Å². The Balaban J connectivity index is 2.43. The molecule has 19 heavy (non-hydrogen) atoms. The summed E-state index contributed by atoms with van der Waals surface area (Å²) < 4.78 is 0. The molecule has 0 saturated heterocycles. The SMILES string of the molecule is Cc1cc(C)nc(Sc2cccc(Cl)c2C(=N)N)n1. The van der Waals surface area contributed by atoms with E-state index in [1.165, 1.54) is 11.8 Å². The number of aryl methyl sites for hydroxylation is 2. The number of hydrogen-bond acceptors (Lipinski definition) is 4. The number of halogens is 1. The lowest BCUT2D eigenvalue weighted by Gasteiger charge is -2.09. The van der Waals surface area contributed by atoms with Crippen LogP contribution in [0.4, 0.5) is 0 Å². The molecule has 3 N–H and O–H groups in total. The van der Waals surface area contributed by atoms with Gasteiger partial charge in [-0.05, 0) is 43.8 Å². The summed E-state index contributed by atoms with van der Waals surface area (Å²) in [5, 5.41) is 8.69. The van der Waals surface area contributed by atoms with Gasteiger partial charge >= 0.3 is 0 Å². The van der Waals surface area contributed by atoms with E-state index in [9.17, 15) is 0 Å². The Morgan fingerprint density at radius 1 is 1.26 bits per heavy atom. The first-order valence-electron chi connectivity index (χ1n) is 5.60. The predicted octanol–water partition coefficient (Wildman–Crippen LogP) is 3.18. The van der Waals surface area contributed by atoms with Gasteiger partial charge in [0.05, 0.1) is 5.02 Å². The first kappa shape index (κ1) is 13.8. The van der Waals surface area contributed by atoms with E-state index in [1.54, 1.807) is 6.07 Å². The minimum atomic E-state index is -0.0579. The average Bonchev–Trinajstić information content (AvgIpc) is 2.26. The van der Waals surface area contributed by atoms with Crippen LogP contribution < -0.4 is 5.73 Å². The van der Waals surface area contributed by atoms with Crippen LogP contribution in [-0.4, -0.2) is 15.8 Å². The molecule has 2 aromatic rings. The van der Waals surface area contributed by atoms with E-state index in [0.29, 0.717) is 15.7 Å². The van der Waals surface area contributed by atoms with E-state index >= 15 is 0 Å². The highest BCUT2D eigenvalue weighted by Crippen LogP contribution is 2.31. The number of rotatable bonds is 3. The average molecular weight is 293 g/mol. The standard InChI is InChI=1S/C13H13ClN4S/c1-7-6-8(2)18-13(17-7)19-10-5-3-4-9(14)11(10)12(15)16/h3-6H,1-2H3,(H3,15,16). The first-order valence-corrected chi connectivity index (χ1v) is 6.80. The van der Waals surface area contributed by atoms with E-state index in [1.807, 2.05) is 32.0 Å². The third kappa shape index (κ3) is 3.24. The van der Waals surface area contributed by atoms with Crippen LogP contribution in [0.25, 0.3) is 0 Å². The third-order valence-electron chi connectivity index (χ3n) is 2.41. The summed E-state index contributed by atoms with van der Waals surface area (Å²) in [4.78, 5) is 9.50. The highest BCUT2D eigenvalue weighted by molar-refractivity contribution is 7.99. The number of nitrogens with two attached hydrogens (primary N) is 1. The smallest absolute Gasteiger partial charge is 0.192 e. The number of nitrogen functional groups attached to an aromatic ring is 1. The number of amidine groups is 1. The molecule has 6 heteroatoms. The highest BCUT2D eigenvalue weighted by atomic mass is 35.5. The van der Waals surface area contributed by atoms with Gasteiger partial charge in [0, 0.05) is 21.8 Å². The van der Waals surface area contributed by atoms with Crippen LogP contribution in [-0.2, 0) is 0 Å². The Labute approximate surface area is 120 Å². The fourth-order valence-corrected chi connectivity index (χ4v) is 3.07. The number of benzene rings is 1. The fourth-order valence-electron chi connectivity index (χ4n) is 1.69. The van der Waals surface area contributed by atoms with Gasteiger partial charge in [-0.2, -0.15) is 0 Å². The monoisotopic (exact) mass is 292 g/mol. The molecule has 2 rings (SSSR count). The molecule has 0 unspecified atom stereocenters. The normalized spacial score (nSPS) is 10.5. The minimum absolute atomic E-state index is 0.0579. The van der Waals surface area contributed by atoms with Crippen molar-refractivity contribution >= 4 is 29.2 Å². The Morgan fingerprint density at radius 3 is 2.47 bits per heavy atom. The first-order chi connectivity index (χ1) is 8.97. The summed E-state index contributed by atoms with van der Waals surface area (Å²) in [5.41, 5.74) is 7.91. The molecule has 0 fully saturated rings. The van der Waals surface area contributed by atoms with Crippen molar-refractivity contribution in [3.63, 3.8) is 0 Å². The van der Waals surface area contributed by atoms with E-state index in [0.717, 1.165) is 16.3 Å². The summed E-state index contributed by atoms with van der Waals surface area (Å²) in [6.07, 6.45) is 0. The number of hydrogen-bond donors (Lipinski definition) is 2. The molecule has 0 spiro atoms. The molecule has 0 bridgehead atoms. The van der Waals surface area contributed by atoms with E-state index < -0.39 is 0 Å². The van der Waals surface area contributed by atoms with Gasteiger partial charge in [0.2, 0.25) is 0 Å². The van der Waals surface area contributed by atoms with Crippen LogP contribution in [0.3, 0.4) is 0 Å². The topological polar surface area (TPSA) is 75.7 Å². The molecule has 0 aliphatic carbocycles. The molecule has 98 valence electrons. The van der Waals surface area contributed by atoms with Gasteiger partial charge in [-0.25, -0.2) is 9.97 Å². The molecule has 0 radical (unpaired) electrons. The molecule has 0 atom stereocenters. The zero-order chi connectivity index (χ0) is 14.0. The van der Waals surface area contributed by atoms with Crippen LogP contribution >= 0.6 is 23.4 Å². The second-order valence-corrected chi connectivity index (χ2v) is 5.48. The molecule has 0 saturated carbocycles. The predicted molar refractivity (Wildman–Crippen MR) is 78.1 cm³/mol. The maximum Gasteiger partial charge on any atom is 0.192 e. The van der Waals surface area contributed by atoms with Crippen molar-refractivity contribution in [1.29, 1.82) is 5.41 Å². The molecule has 1 aromatic carbocycles. The lowest BCUT2D eigenvalue weighted by molar-refractivity contribution is 0.902. The number of aromatic nitrogens is 2. The van der Waals surface area contributed by atoms with Crippen LogP contribution in [0.15, 0.2) is 34.3 Å². The summed E-state index contributed by atoms with van der Waals surface area (Å²) in [6.45, 7) is 3.84. The Bertz CT molecular complexity index is 622. The van der Waals surface area contributed by atoms with E-state index in [-0.39, 0.29) is 5.84 Å². The molecular formula is C13H13ClN4S. The molecule has 1 heterocycles. The van der Waals surface area contributed by atoms with Crippen LogP contribution in [0.5, 0.6) is 0 Å². The summed E-state index contributed by atoms with van der Waals surface area (Å²) in [7, 11) is 0. The zero-order valence-corrected chi connectivity index (χ0v) is 12.1. The van der Waals surface area contributed by atoms with Crippen molar-refractivity contribution < 1.29 is 0 Å². The maximum absolute atomic E-state index is 7.61. The Kier molecular flexibility index (Phi) is 4.07. The number of nitrogens with one attached hydrogen (secondary N) is 1. The highest BCUT2D eigenvalue weighted by Gasteiger charge is 2.12. The zero-order valence-electron chi connectivity index (χ0n) is 10.6. The molecular weight excluding hydrogens is 280 g/mol. The van der Waals surface area contributed by atoms with Gasteiger partial charge in [0.1, 0.15) is 5.84 Å². The molecule has 4 nitrogen and oxygen atoms in total. The summed E-state index contributed by atoms with van der Waals surface area (Å²) in [5.74, 6) is -0.0579. The van der Waals surface area contributed by atoms with Gasteiger partial charge < -0.3 is 5.73 Å². The van der Waals surface area contributed by atoms with Crippen molar-refractivity contribution in [2.24, 2.45) is 5.73 Å². The van der Waals surface area contributed by atoms with Crippen molar-refractivity contribution in [3.8, 4) is 0 Å². The molecule has 0 aliphatic heterocycles. The summed E-state index contributed by atoms with van der Waals surface area (Å²) in [6, 6.07) is 7.30.